The van der Waals surface area contributed by atoms with E-state index in [2.05, 4.69) is 6.07 Å². The monoisotopic (exact) mass is 427 g/mol. The molecule has 0 aliphatic heterocycles. The first-order chi connectivity index (χ1) is 15.5. The van der Waals surface area contributed by atoms with Gasteiger partial charge in [-0.3, -0.25) is 19.5 Å². The van der Waals surface area contributed by atoms with Crippen LogP contribution in [-0.4, -0.2) is 22.0 Å². The second kappa shape index (κ2) is 8.62. The lowest BCUT2D eigenvalue weighted by atomic mass is 10.1. The minimum Gasteiger partial charge on any atom is -0.494 e. The maximum absolute atomic E-state index is 12.7. The summed E-state index contributed by atoms with van der Waals surface area (Å²) >= 11 is 0. The summed E-state index contributed by atoms with van der Waals surface area (Å²) in [5, 5.41) is 21.5. The van der Waals surface area contributed by atoms with Crippen LogP contribution < -0.4 is 4.74 Å². The first kappa shape index (κ1) is 20.6. The van der Waals surface area contributed by atoms with Gasteiger partial charge >= 0.3 is 0 Å². The number of carbonyl (C=O) groups excluding carboxylic acids is 1. The fraction of sp³-hybridized carbons (Fsp3) is 0.0833. The number of para-hydroxylation sites is 1. The number of nitro benzene ring substituents is 1. The Morgan fingerprint density at radius 1 is 1.25 bits per heavy atom. The molecular weight excluding hydrogens is 410 g/mol. The van der Waals surface area contributed by atoms with Gasteiger partial charge in [0.1, 0.15) is 23.3 Å². The Labute approximate surface area is 182 Å². The number of carbonyl (C=O) groups is 1. The average molecular weight is 427 g/mol. The van der Waals surface area contributed by atoms with E-state index in [9.17, 15) is 20.2 Å². The van der Waals surface area contributed by atoms with E-state index in [4.69, 9.17) is 9.15 Å². The number of ether oxygens (including phenoxy) is 1. The molecule has 8 nitrogen and oxygen atoms in total. The molecule has 4 aromatic rings. The standard InChI is InChI=1S/C24H17N3O5/c1-2-31-18-7-10-20(22(13-18)27(29)30)23-11-8-17(32-23)9-12-24(28)26-15-16(14-25)19-5-3-4-6-21(19)26/h3-13,15H,2H2,1H3/b12-9+. The number of nitrogens with zero attached hydrogens (tertiary/aromatic N) is 3. The van der Waals surface area contributed by atoms with Gasteiger partial charge in [-0.1, -0.05) is 18.2 Å². The summed E-state index contributed by atoms with van der Waals surface area (Å²) in [6.07, 6.45) is 4.30. The molecule has 0 bridgehead atoms. The normalized spacial score (nSPS) is 11.0. The number of benzene rings is 2. The smallest absolute Gasteiger partial charge is 0.284 e. The largest absolute Gasteiger partial charge is 0.494 e. The highest BCUT2D eigenvalue weighted by Crippen LogP contribution is 2.34. The van der Waals surface area contributed by atoms with E-state index < -0.39 is 4.92 Å². The molecule has 0 saturated carbocycles. The average Bonchev–Trinajstić information content (AvgIpc) is 3.42. The maximum atomic E-state index is 12.7. The van der Waals surface area contributed by atoms with E-state index in [0.717, 1.165) is 0 Å². The van der Waals surface area contributed by atoms with Gasteiger partial charge in [0.05, 0.1) is 34.2 Å². The molecule has 2 heterocycles. The molecule has 0 aliphatic carbocycles. The number of fused-ring (bicyclic) bond motifs is 1. The fourth-order valence-corrected chi connectivity index (χ4v) is 3.40. The van der Waals surface area contributed by atoms with Gasteiger partial charge < -0.3 is 9.15 Å². The minimum absolute atomic E-state index is 0.139. The van der Waals surface area contributed by atoms with E-state index in [0.29, 0.717) is 45.9 Å². The van der Waals surface area contributed by atoms with Gasteiger partial charge in [0.15, 0.2) is 0 Å². The van der Waals surface area contributed by atoms with E-state index >= 15 is 0 Å². The van der Waals surface area contributed by atoms with Gasteiger partial charge in [0.2, 0.25) is 0 Å². The van der Waals surface area contributed by atoms with Gasteiger partial charge in [-0.2, -0.15) is 5.26 Å². The number of nitro groups is 1. The fourth-order valence-electron chi connectivity index (χ4n) is 3.40. The van der Waals surface area contributed by atoms with Crippen LogP contribution in [0.1, 0.15) is 23.0 Å². The highest BCUT2D eigenvalue weighted by Gasteiger charge is 2.19. The summed E-state index contributed by atoms with van der Waals surface area (Å²) in [5.74, 6) is 0.696. The molecule has 0 unspecified atom stereocenters. The van der Waals surface area contributed by atoms with Crippen LogP contribution in [0.2, 0.25) is 0 Å². The number of hydrogen-bond donors (Lipinski definition) is 0. The number of allylic oxidation sites excluding steroid dienone is 1. The van der Waals surface area contributed by atoms with Crippen LogP contribution in [0.25, 0.3) is 28.3 Å². The van der Waals surface area contributed by atoms with Crippen molar-refractivity contribution in [3.63, 3.8) is 0 Å². The van der Waals surface area contributed by atoms with E-state index in [1.807, 2.05) is 0 Å². The minimum atomic E-state index is -0.497. The van der Waals surface area contributed by atoms with Crippen molar-refractivity contribution in [3.05, 3.63) is 88.3 Å². The van der Waals surface area contributed by atoms with Crippen molar-refractivity contribution in [2.24, 2.45) is 0 Å². The summed E-state index contributed by atoms with van der Waals surface area (Å²) in [6, 6.07) is 17.0. The van der Waals surface area contributed by atoms with Crippen molar-refractivity contribution >= 4 is 28.6 Å². The Hall–Kier alpha value is -4.64. The number of furan rings is 1. The zero-order valence-corrected chi connectivity index (χ0v) is 17.0. The third-order valence-electron chi connectivity index (χ3n) is 4.83. The Morgan fingerprint density at radius 2 is 2.06 bits per heavy atom. The van der Waals surface area contributed by atoms with Crippen molar-refractivity contribution in [2.45, 2.75) is 6.92 Å². The number of rotatable bonds is 6. The lowest BCUT2D eigenvalue weighted by Gasteiger charge is -2.05. The van der Waals surface area contributed by atoms with Crippen molar-refractivity contribution in [3.8, 4) is 23.1 Å². The lowest BCUT2D eigenvalue weighted by molar-refractivity contribution is -0.384. The Balaban J connectivity index is 1.61. The molecular formula is C24H17N3O5. The Kier molecular flexibility index (Phi) is 5.55. The lowest BCUT2D eigenvalue weighted by Crippen LogP contribution is -2.04. The summed E-state index contributed by atoms with van der Waals surface area (Å²) < 4.78 is 12.4. The third-order valence-corrected chi connectivity index (χ3v) is 4.83. The maximum Gasteiger partial charge on any atom is 0.284 e. The molecule has 0 N–H and O–H groups in total. The third kappa shape index (κ3) is 3.87. The van der Waals surface area contributed by atoms with Crippen molar-refractivity contribution in [2.75, 3.05) is 6.61 Å². The first-order valence-corrected chi connectivity index (χ1v) is 9.76. The molecule has 8 heteroatoms. The molecule has 32 heavy (non-hydrogen) atoms. The predicted octanol–water partition coefficient (Wildman–Crippen LogP) is 5.43. The number of nitriles is 1. The Morgan fingerprint density at radius 3 is 2.81 bits per heavy atom. The van der Waals surface area contributed by atoms with Gasteiger partial charge in [-0.25, -0.2) is 0 Å². The summed E-state index contributed by atoms with van der Waals surface area (Å²) in [5.41, 5.74) is 1.20. The second-order valence-corrected chi connectivity index (χ2v) is 6.78. The molecule has 0 aliphatic rings. The highest BCUT2D eigenvalue weighted by molar-refractivity contribution is 6.01. The second-order valence-electron chi connectivity index (χ2n) is 6.78. The SMILES string of the molecule is CCOc1ccc(-c2ccc(/C=C/C(=O)n3cc(C#N)c4ccccc43)o2)c([N+](=O)[O-])c1. The Bertz CT molecular complexity index is 1400. The topological polar surface area (TPSA) is 111 Å². The molecule has 0 spiro atoms. The van der Waals surface area contributed by atoms with Crippen molar-refractivity contribution in [1.29, 1.82) is 5.26 Å². The van der Waals surface area contributed by atoms with Crippen LogP contribution in [0.4, 0.5) is 5.69 Å². The molecule has 158 valence electrons. The molecule has 0 saturated heterocycles. The summed E-state index contributed by atoms with van der Waals surface area (Å²) in [6.45, 7) is 2.19. The van der Waals surface area contributed by atoms with Gasteiger partial charge in [-0.05, 0) is 43.3 Å². The van der Waals surface area contributed by atoms with Gasteiger partial charge in [-0.15, -0.1) is 0 Å². The van der Waals surface area contributed by atoms with Crippen LogP contribution >= 0.6 is 0 Å². The number of aromatic nitrogens is 1. The van der Waals surface area contributed by atoms with E-state index in [-0.39, 0.29) is 11.6 Å². The zero-order chi connectivity index (χ0) is 22.7. The molecule has 0 fully saturated rings. The van der Waals surface area contributed by atoms with Crippen LogP contribution in [0, 0.1) is 21.4 Å². The summed E-state index contributed by atoms with van der Waals surface area (Å²) in [4.78, 5) is 23.7. The first-order valence-electron chi connectivity index (χ1n) is 9.76. The van der Waals surface area contributed by atoms with Crippen molar-refractivity contribution in [1.82, 2.24) is 4.57 Å². The van der Waals surface area contributed by atoms with E-state index in [1.165, 1.54) is 29.0 Å². The van der Waals surface area contributed by atoms with Crippen LogP contribution in [0.15, 0.2) is 71.3 Å². The molecule has 0 radical (unpaired) electrons. The molecule has 4 rings (SSSR count). The highest BCUT2D eigenvalue weighted by atomic mass is 16.6. The van der Waals surface area contributed by atoms with Gasteiger partial charge in [0, 0.05) is 17.7 Å². The van der Waals surface area contributed by atoms with E-state index in [1.54, 1.807) is 55.5 Å². The van der Waals surface area contributed by atoms with Crippen molar-refractivity contribution < 1.29 is 18.9 Å². The van der Waals surface area contributed by atoms with Crippen LogP contribution in [-0.2, 0) is 0 Å². The van der Waals surface area contributed by atoms with Crippen LogP contribution in [0.3, 0.4) is 0 Å². The summed E-state index contributed by atoms with van der Waals surface area (Å²) in [7, 11) is 0. The number of hydrogen-bond acceptors (Lipinski definition) is 6. The molecule has 2 aromatic heterocycles. The zero-order valence-electron chi connectivity index (χ0n) is 17.0. The molecule has 0 amide bonds. The molecule has 2 aromatic carbocycles. The van der Waals surface area contributed by atoms with Crippen LogP contribution in [0.5, 0.6) is 5.75 Å². The van der Waals surface area contributed by atoms with Gasteiger partial charge in [0.25, 0.3) is 11.6 Å². The predicted molar refractivity (Wildman–Crippen MR) is 118 cm³/mol. The quantitative estimate of drug-likeness (QED) is 0.230. The molecule has 0 atom stereocenters.